The van der Waals surface area contributed by atoms with Crippen LogP contribution < -0.4 is 0 Å². The van der Waals surface area contributed by atoms with Gasteiger partial charge >= 0.3 is 0 Å². The molecule has 1 saturated heterocycles. The van der Waals surface area contributed by atoms with Gasteiger partial charge in [-0.2, -0.15) is 0 Å². The van der Waals surface area contributed by atoms with Gasteiger partial charge in [-0.05, 0) is 11.1 Å². The monoisotopic (exact) mass is 222 g/mol. The lowest BCUT2D eigenvalue weighted by Crippen LogP contribution is -1.83. The van der Waals surface area contributed by atoms with Crippen LogP contribution in [0, 0.1) is 0 Å². The largest absolute Gasteiger partial charge is 0.360 e. The molecular formula is C16H14O. The van der Waals surface area contributed by atoms with Gasteiger partial charge in [-0.25, -0.2) is 0 Å². The topological polar surface area (TPSA) is 12.5 Å². The number of rotatable bonds is 3. The number of hydrogen-bond donors (Lipinski definition) is 0. The predicted octanol–water partition coefficient (Wildman–Crippen LogP) is 3.84. The summed E-state index contributed by atoms with van der Waals surface area (Å²) in [6.07, 6.45) is 4.73. The molecule has 0 aliphatic carbocycles. The zero-order chi connectivity index (χ0) is 11.5. The fraction of sp³-hybridized carbons (Fsp3) is 0.125. The summed E-state index contributed by atoms with van der Waals surface area (Å²) >= 11 is 0. The van der Waals surface area contributed by atoms with Gasteiger partial charge in [0.2, 0.25) is 0 Å². The van der Waals surface area contributed by atoms with Gasteiger partial charge in [0.15, 0.2) is 0 Å². The van der Waals surface area contributed by atoms with Crippen LogP contribution in [-0.2, 0) is 4.74 Å². The molecule has 0 aromatic heterocycles. The third kappa shape index (κ3) is 2.45. The summed E-state index contributed by atoms with van der Waals surface area (Å²) in [7, 11) is 0. The van der Waals surface area contributed by atoms with Crippen LogP contribution >= 0.6 is 0 Å². The first-order chi connectivity index (χ1) is 8.43. The minimum atomic E-state index is 0.234. The van der Waals surface area contributed by atoms with Crippen LogP contribution in [0.15, 0.2) is 66.7 Å². The molecule has 1 fully saturated rings. The van der Waals surface area contributed by atoms with Gasteiger partial charge in [0.25, 0.3) is 0 Å². The second-order valence-corrected chi connectivity index (χ2v) is 4.20. The summed E-state index contributed by atoms with van der Waals surface area (Å²) in [5, 5.41) is 0. The molecule has 0 N–H and O–H groups in total. The average Bonchev–Trinajstić information content (AvgIpc) is 3.18. The van der Waals surface area contributed by atoms with Crippen LogP contribution in [0.5, 0.6) is 0 Å². The molecule has 1 aliphatic rings. The number of ether oxygens (including phenoxy) is 1. The Morgan fingerprint density at radius 3 is 2.18 bits per heavy atom. The molecule has 2 aromatic carbocycles. The lowest BCUT2D eigenvalue weighted by atomic mass is 10.1. The number of hydrogen-bond acceptors (Lipinski definition) is 1. The quantitative estimate of drug-likeness (QED) is 0.719. The van der Waals surface area contributed by atoms with Gasteiger partial charge in [0, 0.05) is 0 Å². The molecule has 0 unspecified atom stereocenters. The first-order valence-corrected chi connectivity index (χ1v) is 5.87. The zero-order valence-corrected chi connectivity index (χ0v) is 9.49. The molecule has 1 heteroatoms. The highest BCUT2D eigenvalue weighted by Crippen LogP contribution is 2.39. The molecule has 3 rings (SSSR count). The van der Waals surface area contributed by atoms with E-state index in [-0.39, 0.29) is 12.2 Å². The van der Waals surface area contributed by atoms with Gasteiger partial charge < -0.3 is 4.74 Å². The molecule has 0 spiro atoms. The Morgan fingerprint density at radius 1 is 0.824 bits per heavy atom. The molecule has 1 heterocycles. The summed E-state index contributed by atoms with van der Waals surface area (Å²) in [5.74, 6) is 0. The van der Waals surface area contributed by atoms with E-state index < -0.39 is 0 Å². The van der Waals surface area contributed by atoms with Crippen molar-refractivity contribution >= 4 is 6.08 Å². The van der Waals surface area contributed by atoms with Crippen LogP contribution in [0.4, 0.5) is 0 Å². The van der Waals surface area contributed by atoms with E-state index in [0.717, 1.165) is 0 Å². The van der Waals surface area contributed by atoms with Gasteiger partial charge in [0.05, 0.1) is 0 Å². The molecule has 1 aliphatic heterocycles. The van der Waals surface area contributed by atoms with Crippen molar-refractivity contribution < 1.29 is 4.74 Å². The molecule has 1 nitrogen and oxygen atoms in total. The van der Waals surface area contributed by atoms with E-state index in [4.69, 9.17) is 4.74 Å². The van der Waals surface area contributed by atoms with Crippen molar-refractivity contribution in [2.45, 2.75) is 12.2 Å². The van der Waals surface area contributed by atoms with Crippen molar-refractivity contribution in [1.82, 2.24) is 0 Å². The Bertz CT molecular complexity index is 502. The minimum Gasteiger partial charge on any atom is -0.360 e. The standard InChI is InChI=1S/C16H14O/c1-3-7-13(8-4-1)11-12-15-16(17-15)14-9-5-2-6-10-14/h1-12,15-16H/t15-,16+/m0/s1. The molecule has 0 bridgehead atoms. The van der Waals surface area contributed by atoms with Gasteiger partial charge in [-0.15, -0.1) is 0 Å². The Morgan fingerprint density at radius 2 is 1.47 bits per heavy atom. The van der Waals surface area contributed by atoms with Crippen LogP contribution in [0.3, 0.4) is 0 Å². The van der Waals surface area contributed by atoms with Crippen LogP contribution in [-0.4, -0.2) is 6.10 Å². The van der Waals surface area contributed by atoms with E-state index in [0.29, 0.717) is 0 Å². The molecule has 0 radical (unpaired) electrons. The molecule has 0 saturated carbocycles. The highest BCUT2D eigenvalue weighted by molar-refractivity contribution is 5.50. The minimum absolute atomic E-state index is 0.234. The molecule has 17 heavy (non-hydrogen) atoms. The third-order valence-electron chi connectivity index (χ3n) is 2.93. The fourth-order valence-corrected chi connectivity index (χ4v) is 1.95. The molecule has 84 valence electrons. The second-order valence-electron chi connectivity index (χ2n) is 4.20. The van der Waals surface area contributed by atoms with Crippen LogP contribution in [0.25, 0.3) is 6.08 Å². The first-order valence-electron chi connectivity index (χ1n) is 5.87. The summed E-state index contributed by atoms with van der Waals surface area (Å²) in [4.78, 5) is 0. The lowest BCUT2D eigenvalue weighted by Gasteiger charge is -1.92. The molecule has 2 aromatic rings. The summed E-state index contributed by atoms with van der Waals surface area (Å²) < 4.78 is 5.64. The average molecular weight is 222 g/mol. The highest BCUT2D eigenvalue weighted by Gasteiger charge is 2.37. The maximum absolute atomic E-state index is 5.64. The van der Waals surface area contributed by atoms with Gasteiger partial charge in [0.1, 0.15) is 12.2 Å². The fourth-order valence-electron chi connectivity index (χ4n) is 1.95. The van der Waals surface area contributed by atoms with Crippen molar-refractivity contribution in [3.05, 3.63) is 77.9 Å². The first kappa shape index (κ1) is 10.3. The van der Waals surface area contributed by atoms with Gasteiger partial charge in [-0.1, -0.05) is 72.8 Å². The Balaban J connectivity index is 1.65. The van der Waals surface area contributed by atoms with E-state index in [2.05, 4.69) is 48.6 Å². The third-order valence-corrected chi connectivity index (χ3v) is 2.93. The second kappa shape index (κ2) is 4.56. The van der Waals surface area contributed by atoms with Crippen molar-refractivity contribution in [3.63, 3.8) is 0 Å². The Hall–Kier alpha value is -1.86. The van der Waals surface area contributed by atoms with Crippen molar-refractivity contribution in [3.8, 4) is 0 Å². The Kier molecular flexibility index (Phi) is 2.76. The summed E-state index contributed by atoms with van der Waals surface area (Å²) in [5.41, 5.74) is 2.48. The van der Waals surface area contributed by atoms with E-state index in [1.807, 2.05) is 24.3 Å². The number of benzene rings is 2. The van der Waals surface area contributed by atoms with Crippen molar-refractivity contribution in [1.29, 1.82) is 0 Å². The van der Waals surface area contributed by atoms with E-state index in [1.165, 1.54) is 11.1 Å². The number of epoxide rings is 1. The van der Waals surface area contributed by atoms with Gasteiger partial charge in [-0.3, -0.25) is 0 Å². The molecule has 0 amide bonds. The van der Waals surface area contributed by atoms with Crippen molar-refractivity contribution in [2.24, 2.45) is 0 Å². The highest BCUT2D eigenvalue weighted by atomic mass is 16.6. The summed E-state index contributed by atoms with van der Waals surface area (Å²) in [6, 6.07) is 20.7. The zero-order valence-electron chi connectivity index (χ0n) is 9.49. The SMILES string of the molecule is C(=C[C@@H]1O[C@@H]1c1ccccc1)c1ccccc1. The van der Waals surface area contributed by atoms with Crippen LogP contribution in [0.2, 0.25) is 0 Å². The van der Waals surface area contributed by atoms with E-state index >= 15 is 0 Å². The lowest BCUT2D eigenvalue weighted by molar-refractivity contribution is 0.394. The van der Waals surface area contributed by atoms with E-state index in [1.54, 1.807) is 0 Å². The summed E-state index contributed by atoms with van der Waals surface area (Å²) in [6.45, 7) is 0. The smallest absolute Gasteiger partial charge is 0.113 e. The predicted molar refractivity (Wildman–Crippen MR) is 69.5 cm³/mol. The normalized spacial score (nSPS) is 22.8. The molecular weight excluding hydrogens is 208 g/mol. The Labute approximate surface area is 101 Å². The molecule has 2 atom stereocenters. The van der Waals surface area contributed by atoms with Crippen molar-refractivity contribution in [2.75, 3.05) is 0 Å². The van der Waals surface area contributed by atoms with E-state index in [9.17, 15) is 0 Å². The maximum atomic E-state index is 5.64. The van der Waals surface area contributed by atoms with Crippen LogP contribution in [0.1, 0.15) is 17.2 Å². The maximum Gasteiger partial charge on any atom is 0.113 e.